The van der Waals surface area contributed by atoms with Crippen LogP contribution in [0, 0.1) is 11.3 Å². The van der Waals surface area contributed by atoms with Crippen LogP contribution in [0.25, 0.3) is 0 Å². The van der Waals surface area contributed by atoms with E-state index in [9.17, 15) is 23.2 Å². The Bertz CT molecular complexity index is 1560. The topological polar surface area (TPSA) is 114 Å². The molecule has 4 rings (SSSR count). The van der Waals surface area contributed by atoms with Crippen molar-refractivity contribution in [2.45, 2.75) is 23.5 Å². The summed E-state index contributed by atoms with van der Waals surface area (Å²) < 4.78 is 49.8. The number of aromatic nitrogens is 4. The highest BCUT2D eigenvalue weighted by Crippen LogP contribution is 2.38. The number of hydrogen-bond acceptors (Lipinski definition) is 8. The summed E-state index contributed by atoms with van der Waals surface area (Å²) in [6, 6.07) is 10.1. The number of halogens is 4. The Labute approximate surface area is 223 Å². The molecule has 13 heteroatoms. The van der Waals surface area contributed by atoms with E-state index in [0.29, 0.717) is 28.5 Å². The fraction of sp³-hybridized carbons (Fsp3) is 0.160. The molecule has 0 amide bonds. The summed E-state index contributed by atoms with van der Waals surface area (Å²) in [4.78, 5) is 27.5. The molecule has 0 atom stereocenters. The molecular formula is C25H17ClF3N5O3S. The molecular weight excluding hydrogens is 543 g/mol. The summed E-state index contributed by atoms with van der Waals surface area (Å²) in [7, 11) is 1.46. The minimum Gasteiger partial charge on any atom is -0.467 e. The summed E-state index contributed by atoms with van der Waals surface area (Å²) in [5.74, 6) is 0.349. The molecule has 0 saturated heterocycles. The van der Waals surface area contributed by atoms with Crippen LogP contribution >= 0.6 is 23.4 Å². The van der Waals surface area contributed by atoms with E-state index in [2.05, 4.69) is 19.9 Å². The lowest BCUT2D eigenvalue weighted by atomic mass is 10.1. The predicted molar refractivity (Wildman–Crippen MR) is 133 cm³/mol. The summed E-state index contributed by atoms with van der Waals surface area (Å²) in [6.07, 6.45) is 0.256. The van der Waals surface area contributed by atoms with Gasteiger partial charge in [0.2, 0.25) is 0 Å². The van der Waals surface area contributed by atoms with Crippen LogP contribution in [0.3, 0.4) is 0 Å². The number of H-pyrrole nitrogens is 1. The van der Waals surface area contributed by atoms with Crippen LogP contribution < -0.4 is 15.0 Å². The molecule has 2 heterocycles. The molecule has 0 aliphatic carbocycles. The van der Waals surface area contributed by atoms with Crippen molar-refractivity contribution in [3.63, 3.8) is 0 Å². The van der Waals surface area contributed by atoms with Gasteiger partial charge in [0.15, 0.2) is 5.16 Å². The van der Waals surface area contributed by atoms with Gasteiger partial charge in [-0.05, 0) is 41.5 Å². The molecule has 0 radical (unpaired) electrons. The first-order valence-electron chi connectivity index (χ1n) is 10.8. The zero-order chi connectivity index (χ0) is 27.3. The summed E-state index contributed by atoms with van der Waals surface area (Å²) in [5.41, 5.74) is 0.664. The van der Waals surface area contributed by atoms with Gasteiger partial charge in [-0.3, -0.25) is 4.79 Å². The van der Waals surface area contributed by atoms with Crippen LogP contribution in [0.5, 0.6) is 17.5 Å². The van der Waals surface area contributed by atoms with Crippen LogP contribution in [-0.4, -0.2) is 27.0 Å². The smallest absolute Gasteiger partial charge is 0.417 e. The second-order valence-electron chi connectivity index (χ2n) is 7.77. The van der Waals surface area contributed by atoms with E-state index >= 15 is 0 Å². The average Bonchev–Trinajstić information content (AvgIpc) is 2.90. The Balaban J connectivity index is 1.43. The van der Waals surface area contributed by atoms with Gasteiger partial charge in [-0.15, -0.1) is 0 Å². The van der Waals surface area contributed by atoms with Crippen LogP contribution in [-0.2, 0) is 18.3 Å². The minimum absolute atomic E-state index is 0.0927. The minimum atomic E-state index is -4.65. The Morgan fingerprint density at radius 1 is 1.08 bits per heavy atom. The SMILES string of the molecule is COc1ncc(Cc2cnc(SCc3ccc(Oc4ccc(Cl)c(C(F)(F)F)c4)c(C#N)c3)[nH]c2=O)cn1. The van der Waals surface area contributed by atoms with Gasteiger partial charge >= 0.3 is 12.2 Å². The molecule has 2 aromatic heterocycles. The van der Waals surface area contributed by atoms with Gasteiger partial charge in [0.05, 0.1) is 23.3 Å². The summed E-state index contributed by atoms with van der Waals surface area (Å²) in [6.45, 7) is 0. The van der Waals surface area contributed by atoms with Crippen molar-refractivity contribution in [3.8, 4) is 23.6 Å². The maximum Gasteiger partial charge on any atom is 0.417 e. The Morgan fingerprint density at radius 2 is 1.84 bits per heavy atom. The van der Waals surface area contributed by atoms with Crippen LogP contribution in [0.2, 0.25) is 5.02 Å². The monoisotopic (exact) mass is 559 g/mol. The lowest BCUT2D eigenvalue weighted by Crippen LogP contribution is -2.15. The third-order valence-corrected chi connectivity index (χ3v) is 6.41. The molecule has 2 aromatic carbocycles. The molecule has 0 saturated carbocycles. The van der Waals surface area contributed by atoms with E-state index in [0.717, 1.165) is 17.7 Å². The van der Waals surface area contributed by atoms with E-state index in [1.807, 2.05) is 6.07 Å². The molecule has 0 spiro atoms. The molecule has 0 aliphatic rings. The molecule has 38 heavy (non-hydrogen) atoms. The van der Waals surface area contributed by atoms with Crippen molar-refractivity contribution >= 4 is 23.4 Å². The van der Waals surface area contributed by atoms with Crippen molar-refractivity contribution in [3.05, 3.63) is 98.2 Å². The van der Waals surface area contributed by atoms with Gasteiger partial charge in [-0.2, -0.15) is 18.4 Å². The van der Waals surface area contributed by atoms with Gasteiger partial charge < -0.3 is 14.5 Å². The third-order valence-electron chi connectivity index (χ3n) is 5.12. The number of ether oxygens (including phenoxy) is 2. The number of hydrogen-bond donors (Lipinski definition) is 1. The fourth-order valence-electron chi connectivity index (χ4n) is 3.27. The molecule has 194 valence electrons. The van der Waals surface area contributed by atoms with Crippen molar-refractivity contribution in [1.82, 2.24) is 19.9 Å². The number of alkyl halides is 3. The Hall–Kier alpha value is -4.08. The number of nitriles is 1. The second kappa shape index (κ2) is 11.5. The zero-order valence-corrected chi connectivity index (χ0v) is 21.1. The summed E-state index contributed by atoms with van der Waals surface area (Å²) >= 11 is 6.89. The number of methoxy groups -OCH3 is 1. The highest BCUT2D eigenvalue weighted by Gasteiger charge is 2.33. The number of aromatic amines is 1. The highest BCUT2D eigenvalue weighted by atomic mass is 35.5. The molecule has 0 aliphatic heterocycles. The first-order valence-corrected chi connectivity index (χ1v) is 12.2. The van der Waals surface area contributed by atoms with Crippen molar-refractivity contribution < 1.29 is 22.6 Å². The first kappa shape index (κ1) is 27.0. The molecule has 1 N–H and O–H groups in total. The van der Waals surface area contributed by atoms with Crippen LogP contribution in [0.4, 0.5) is 13.2 Å². The van der Waals surface area contributed by atoms with E-state index in [1.54, 1.807) is 24.5 Å². The van der Waals surface area contributed by atoms with Crippen LogP contribution in [0.15, 0.2) is 64.9 Å². The maximum atomic E-state index is 13.1. The number of nitrogens with zero attached hydrogens (tertiary/aromatic N) is 4. The molecule has 0 unspecified atom stereocenters. The lowest BCUT2D eigenvalue weighted by Gasteiger charge is -2.13. The number of benzene rings is 2. The van der Waals surface area contributed by atoms with Gasteiger partial charge in [0.25, 0.3) is 5.56 Å². The first-order chi connectivity index (χ1) is 18.2. The number of nitrogens with one attached hydrogen (secondary N) is 1. The molecule has 0 bridgehead atoms. The fourth-order valence-corrected chi connectivity index (χ4v) is 4.27. The van der Waals surface area contributed by atoms with Crippen molar-refractivity contribution in [2.24, 2.45) is 0 Å². The average molecular weight is 560 g/mol. The predicted octanol–water partition coefficient (Wildman–Crippen LogP) is 5.79. The zero-order valence-electron chi connectivity index (χ0n) is 19.5. The van der Waals surface area contributed by atoms with Crippen molar-refractivity contribution in [2.75, 3.05) is 7.11 Å². The Morgan fingerprint density at radius 3 is 2.50 bits per heavy atom. The number of rotatable bonds is 8. The van der Waals surface area contributed by atoms with Gasteiger partial charge in [0.1, 0.15) is 17.6 Å². The van der Waals surface area contributed by atoms with E-state index in [-0.39, 0.29) is 28.6 Å². The normalized spacial score (nSPS) is 11.2. The maximum absolute atomic E-state index is 13.1. The van der Waals surface area contributed by atoms with Crippen LogP contribution in [0.1, 0.15) is 27.8 Å². The molecule has 4 aromatic rings. The van der Waals surface area contributed by atoms with Gasteiger partial charge in [-0.1, -0.05) is 29.4 Å². The highest BCUT2D eigenvalue weighted by molar-refractivity contribution is 7.98. The third kappa shape index (κ3) is 6.62. The summed E-state index contributed by atoms with van der Waals surface area (Å²) in [5, 5.41) is 9.47. The van der Waals surface area contributed by atoms with E-state index in [4.69, 9.17) is 21.1 Å². The van der Waals surface area contributed by atoms with Gasteiger partial charge in [0, 0.05) is 36.3 Å². The molecule has 8 nitrogen and oxygen atoms in total. The quantitative estimate of drug-likeness (QED) is 0.213. The van der Waals surface area contributed by atoms with Crippen molar-refractivity contribution in [1.29, 1.82) is 5.26 Å². The lowest BCUT2D eigenvalue weighted by molar-refractivity contribution is -0.137. The Kier molecular flexibility index (Phi) is 8.19. The number of thioether (sulfide) groups is 1. The van der Waals surface area contributed by atoms with E-state index < -0.39 is 16.8 Å². The molecule has 0 fully saturated rings. The van der Waals surface area contributed by atoms with Gasteiger partial charge in [-0.25, -0.2) is 15.0 Å². The second-order valence-corrected chi connectivity index (χ2v) is 9.14. The van der Waals surface area contributed by atoms with E-state index in [1.165, 1.54) is 37.2 Å². The standard InChI is InChI=1S/C25H17ClF3N5O3S/c1-36-23-31-10-15(11-32-23)7-17-12-33-24(34-22(17)35)38-13-14-2-5-21(16(6-14)9-30)37-18-3-4-20(26)19(8-18)25(27,28)29/h2-6,8,10-12H,7,13H2,1H3,(H,33,34,35). The largest absolute Gasteiger partial charge is 0.467 e.